The third-order valence-electron chi connectivity index (χ3n) is 5.44. The molecule has 0 saturated heterocycles. The van der Waals surface area contributed by atoms with Crippen LogP contribution in [0.25, 0.3) is 0 Å². The molecule has 1 aromatic heterocycles. The van der Waals surface area contributed by atoms with E-state index < -0.39 is 30.0 Å². The van der Waals surface area contributed by atoms with Gasteiger partial charge in [-0.15, -0.1) is 0 Å². The van der Waals surface area contributed by atoms with Crippen LogP contribution in [0.2, 0.25) is 13.3 Å². The second kappa shape index (κ2) is 11.3. The molecule has 1 N–H and O–H groups in total. The maximum atomic E-state index is 11.8. The van der Waals surface area contributed by atoms with Crippen LogP contribution in [-0.2, 0) is 0 Å². The fourth-order valence-electron chi connectivity index (χ4n) is 3.92. The molecule has 0 bridgehead atoms. The molecule has 4 nitrogen and oxygen atoms in total. The molecule has 0 aliphatic heterocycles. The van der Waals surface area contributed by atoms with E-state index in [4.69, 9.17) is 4.98 Å². The molecule has 0 radical (unpaired) electrons. The van der Waals surface area contributed by atoms with Crippen LogP contribution in [-0.4, -0.2) is 40.1 Å². The third-order valence-corrected chi connectivity index (χ3v) is 20.6. The zero-order valence-corrected chi connectivity index (χ0v) is 21.2. The number of amides is 1. The Balaban J connectivity index is 3.26. The van der Waals surface area contributed by atoms with Crippen molar-refractivity contribution in [3.63, 3.8) is 0 Å². The van der Waals surface area contributed by atoms with Crippen molar-refractivity contribution < 1.29 is 9.90 Å². The van der Waals surface area contributed by atoms with Crippen LogP contribution in [0.15, 0.2) is 18.3 Å². The van der Waals surface area contributed by atoms with Gasteiger partial charge in [-0.05, 0) is 0 Å². The molecule has 5 heteroatoms. The molecule has 154 valence electrons. The first-order chi connectivity index (χ1) is 12.7. The standard InChI is InChI=1S/C10H13N2O2.3C4H9.Sn/c1-10(2,3)12(9(13)14)8-5-4-6-11-7-8;3*1-3-4-2;/h4-5,7H,1-3H3,(H,13,14);3*1,3-4H2,2H3;. The summed E-state index contributed by atoms with van der Waals surface area (Å²) in [5, 5.41) is 9.65. The van der Waals surface area contributed by atoms with Gasteiger partial charge in [0, 0.05) is 0 Å². The van der Waals surface area contributed by atoms with Crippen LogP contribution >= 0.6 is 0 Å². The van der Waals surface area contributed by atoms with Crippen molar-refractivity contribution in [2.75, 3.05) is 4.90 Å². The molecule has 0 aliphatic carbocycles. The average Bonchev–Trinajstić information content (AvgIpc) is 2.61. The molecule has 27 heavy (non-hydrogen) atoms. The van der Waals surface area contributed by atoms with Gasteiger partial charge in [0.05, 0.1) is 0 Å². The first kappa shape index (κ1) is 24.3. The number of unbranched alkanes of at least 4 members (excludes halogenated alkanes) is 3. The number of carbonyl (C=O) groups is 1. The second-order valence-electron chi connectivity index (χ2n) is 8.78. The number of pyridine rings is 1. The summed E-state index contributed by atoms with van der Waals surface area (Å²) in [5.74, 6) is 0. The molecule has 1 aromatic rings. The number of rotatable bonds is 11. The predicted molar refractivity (Wildman–Crippen MR) is 119 cm³/mol. The minimum atomic E-state index is -2.55. The SMILES string of the molecule is CCC[CH2][Sn]([CH2]CCC)([CH2]CCC)[c]1ccc(N(C(=O)O)C(C)(C)C)cn1. The van der Waals surface area contributed by atoms with Gasteiger partial charge < -0.3 is 0 Å². The van der Waals surface area contributed by atoms with Gasteiger partial charge in [0.25, 0.3) is 0 Å². The fourth-order valence-corrected chi connectivity index (χ4v) is 19.3. The van der Waals surface area contributed by atoms with E-state index in [1.807, 2.05) is 33.0 Å². The van der Waals surface area contributed by atoms with Crippen LogP contribution < -0.4 is 8.61 Å². The van der Waals surface area contributed by atoms with E-state index in [9.17, 15) is 9.90 Å². The Morgan fingerprint density at radius 1 is 1.00 bits per heavy atom. The molecule has 1 amide bonds. The van der Waals surface area contributed by atoms with Crippen molar-refractivity contribution in [3.05, 3.63) is 18.3 Å². The van der Waals surface area contributed by atoms with E-state index in [0.29, 0.717) is 5.69 Å². The van der Waals surface area contributed by atoms with Gasteiger partial charge in [-0.1, -0.05) is 0 Å². The number of anilines is 1. The summed E-state index contributed by atoms with van der Waals surface area (Å²) in [7, 11) is 0. The molecular formula is C22H40N2O2Sn. The van der Waals surface area contributed by atoms with Gasteiger partial charge in [0.1, 0.15) is 0 Å². The van der Waals surface area contributed by atoms with Gasteiger partial charge in [0.15, 0.2) is 0 Å². The number of carboxylic acid groups (broad SMARTS) is 1. The molecule has 0 fully saturated rings. The van der Waals surface area contributed by atoms with E-state index in [1.54, 1.807) is 0 Å². The summed E-state index contributed by atoms with van der Waals surface area (Å²) in [4.78, 5) is 18.1. The van der Waals surface area contributed by atoms with Crippen molar-refractivity contribution >= 4 is 33.9 Å². The second-order valence-corrected chi connectivity index (χ2v) is 21.8. The molecule has 0 atom stereocenters. The first-order valence-corrected chi connectivity index (χ1v) is 18.2. The van der Waals surface area contributed by atoms with Gasteiger partial charge >= 0.3 is 171 Å². The van der Waals surface area contributed by atoms with Crippen molar-refractivity contribution in [2.45, 2.75) is 98.9 Å². The van der Waals surface area contributed by atoms with Crippen LogP contribution in [0.4, 0.5) is 10.5 Å². The average molecular weight is 483 g/mol. The van der Waals surface area contributed by atoms with E-state index >= 15 is 0 Å². The van der Waals surface area contributed by atoms with Crippen molar-refractivity contribution in [2.24, 2.45) is 0 Å². The normalized spacial score (nSPS) is 12.2. The topological polar surface area (TPSA) is 53.4 Å². The number of hydrogen-bond acceptors (Lipinski definition) is 2. The van der Waals surface area contributed by atoms with Crippen molar-refractivity contribution in [1.82, 2.24) is 4.98 Å². The van der Waals surface area contributed by atoms with Crippen molar-refractivity contribution in [1.29, 1.82) is 0 Å². The quantitative estimate of drug-likeness (QED) is 0.370. The molecule has 0 aliphatic rings. The summed E-state index contributed by atoms with van der Waals surface area (Å²) in [6, 6.07) is 4.17. The number of aromatic nitrogens is 1. The Morgan fingerprint density at radius 3 is 1.78 bits per heavy atom. The number of nitrogens with zero attached hydrogens (tertiary/aromatic N) is 2. The first-order valence-electron chi connectivity index (χ1n) is 10.7. The zero-order valence-electron chi connectivity index (χ0n) is 18.3. The molecule has 1 rings (SSSR count). The molecule has 0 saturated carbocycles. The predicted octanol–water partition coefficient (Wildman–Crippen LogP) is 6.42. The van der Waals surface area contributed by atoms with Crippen LogP contribution in [0, 0.1) is 0 Å². The maximum absolute atomic E-state index is 11.8. The van der Waals surface area contributed by atoms with Crippen LogP contribution in [0.1, 0.15) is 80.1 Å². The summed E-state index contributed by atoms with van der Waals surface area (Å²) in [5.41, 5.74) is 0.197. The monoisotopic (exact) mass is 484 g/mol. The van der Waals surface area contributed by atoms with Crippen molar-refractivity contribution in [3.8, 4) is 0 Å². The Labute approximate surface area is 170 Å². The van der Waals surface area contributed by atoms with Gasteiger partial charge in [0.2, 0.25) is 0 Å². The fraction of sp³-hybridized carbons (Fsp3) is 0.727. The van der Waals surface area contributed by atoms with Gasteiger partial charge in [-0.2, -0.15) is 0 Å². The van der Waals surface area contributed by atoms with Crippen LogP contribution in [0.5, 0.6) is 0 Å². The van der Waals surface area contributed by atoms with E-state index in [1.165, 1.54) is 60.4 Å². The molecule has 0 spiro atoms. The summed E-state index contributed by atoms with van der Waals surface area (Å²) < 4.78 is 5.47. The van der Waals surface area contributed by atoms with Crippen LogP contribution in [0.3, 0.4) is 0 Å². The molecule has 0 unspecified atom stereocenters. The Kier molecular flexibility index (Phi) is 10.1. The number of hydrogen-bond donors (Lipinski definition) is 1. The van der Waals surface area contributed by atoms with Gasteiger partial charge in [-0.25, -0.2) is 0 Å². The summed E-state index contributed by atoms with van der Waals surface area (Å²) in [6.07, 6.45) is 8.52. The zero-order chi connectivity index (χ0) is 20.5. The summed E-state index contributed by atoms with van der Waals surface area (Å²) >= 11 is -2.55. The molecule has 1 heterocycles. The Hall–Kier alpha value is -0.781. The van der Waals surface area contributed by atoms with E-state index in [-0.39, 0.29) is 0 Å². The minimum absolute atomic E-state index is 0.484. The van der Waals surface area contributed by atoms with E-state index in [0.717, 1.165) is 0 Å². The Bertz CT molecular complexity index is 545. The third kappa shape index (κ3) is 6.95. The van der Waals surface area contributed by atoms with E-state index in [2.05, 4.69) is 26.8 Å². The molecular weight excluding hydrogens is 443 g/mol. The Morgan fingerprint density at radius 2 is 1.48 bits per heavy atom. The molecule has 0 aromatic carbocycles. The van der Waals surface area contributed by atoms with Gasteiger partial charge in [-0.3, -0.25) is 0 Å². The summed E-state index contributed by atoms with van der Waals surface area (Å²) in [6.45, 7) is 12.6.